The smallest absolute Gasteiger partial charge is 0.323 e. The number of tetrazole rings is 1. The first-order valence-electron chi connectivity index (χ1n) is 8.58. The molecule has 3 amide bonds. The molecular weight excluding hydrogens is 320 g/mol. The maximum atomic E-state index is 13.0. The molecule has 130 valence electrons. The van der Waals surface area contributed by atoms with E-state index in [0.29, 0.717) is 12.2 Å². The SMILES string of the molecule is C[C@@H]1CCCC[C@@]12NC(=O)N(Cc1nnnn1-c1ccccc1)C2=O. The number of rotatable bonds is 3. The molecule has 2 aliphatic rings. The van der Waals surface area contributed by atoms with Gasteiger partial charge in [-0.2, -0.15) is 4.68 Å². The van der Waals surface area contributed by atoms with Crippen LogP contribution in [0.5, 0.6) is 0 Å². The number of nitrogens with one attached hydrogen (secondary N) is 1. The van der Waals surface area contributed by atoms with Crippen molar-refractivity contribution in [2.24, 2.45) is 5.92 Å². The van der Waals surface area contributed by atoms with Crippen molar-refractivity contribution in [1.82, 2.24) is 30.4 Å². The van der Waals surface area contributed by atoms with Crippen LogP contribution in [0.4, 0.5) is 4.79 Å². The maximum Gasteiger partial charge on any atom is 0.325 e. The van der Waals surface area contributed by atoms with Crippen molar-refractivity contribution in [3.05, 3.63) is 36.2 Å². The fourth-order valence-corrected chi connectivity index (χ4v) is 3.85. The second-order valence-electron chi connectivity index (χ2n) is 6.78. The molecule has 1 saturated carbocycles. The average Bonchev–Trinajstić information content (AvgIpc) is 3.18. The number of urea groups is 1. The molecular formula is C17H20N6O2. The number of carbonyl (C=O) groups excluding carboxylic acids is 2. The third kappa shape index (κ3) is 2.48. The molecule has 1 spiro atoms. The van der Waals surface area contributed by atoms with Crippen LogP contribution in [0.3, 0.4) is 0 Å². The molecule has 1 aliphatic carbocycles. The van der Waals surface area contributed by atoms with E-state index in [4.69, 9.17) is 0 Å². The maximum absolute atomic E-state index is 13.0. The first kappa shape index (κ1) is 15.7. The zero-order valence-electron chi connectivity index (χ0n) is 14.1. The van der Waals surface area contributed by atoms with Gasteiger partial charge >= 0.3 is 6.03 Å². The predicted molar refractivity (Wildman–Crippen MR) is 88.6 cm³/mol. The molecule has 8 nitrogen and oxygen atoms in total. The largest absolute Gasteiger partial charge is 0.325 e. The third-order valence-corrected chi connectivity index (χ3v) is 5.34. The van der Waals surface area contributed by atoms with Gasteiger partial charge in [-0.25, -0.2) is 4.79 Å². The van der Waals surface area contributed by atoms with E-state index in [9.17, 15) is 9.59 Å². The summed E-state index contributed by atoms with van der Waals surface area (Å²) in [5.41, 5.74) is 0.0238. The predicted octanol–water partition coefficient (Wildman–Crippen LogP) is 1.66. The summed E-state index contributed by atoms with van der Waals surface area (Å²) in [5, 5.41) is 14.6. The molecule has 0 radical (unpaired) electrons. The van der Waals surface area contributed by atoms with Crippen LogP contribution >= 0.6 is 0 Å². The van der Waals surface area contributed by atoms with Crippen molar-refractivity contribution in [3.63, 3.8) is 0 Å². The molecule has 8 heteroatoms. The van der Waals surface area contributed by atoms with Crippen LogP contribution in [0, 0.1) is 5.92 Å². The highest BCUT2D eigenvalue weighted by molar-refractivity contribution is 6.07. The minimum absolute atomic E-state index is 0.0566. The van der Waals surface area contributed by atoms with Crippen molar-refractivity contribution in [1.29, 1.82) is 0 Å². The lowest BCUT2D eigenvalue weighted by Gasteiger charge is -2.36. The van der Waals surface area contributed by atoms with Crippen molar-refractivity contribution in [3.8, 4) is 5.69 Å². The molecule has 1 aromatic heterocycles. The summed E-state index contributed by atoms with van der Waals surface area (Å²) < 4.78 is 1.55. The number of amides is 3. The lowest BCUT2D eigenvalue weighted by molar-refractivity contribution is -0.134. The zero-order valence-corrected chi connectivity index (χ0v) is 14.1. The van der Waals surface area contributed by atoms with Gasteiger partial charge in [0.15, 0.2) is 5.82 Å². The van der Waals surface area contributed by atoms with Gasteiger partial charge in [-0.1, -0.05) is 38.0 Å². The van der Waals surface area contributed by atoms with Gasteiger partial charge in [0, 0.05) is 0 Å². The van der Waals surface area contributed by atoms with Gasteiger partial charge in [0.25, 0.3) is 5.91 Å². The molecule has 2 atom stereocenters. The zero-order chi connectivity index (χ0) is 17.4. The van der Waals surface area contributed by atoms with Crippen LogP contribution < -0.4 is 5.32 Å². The number of nitrogens with zero attached hydrogens (tertiary/aromatic N) is 5. The summed E-state index contributed by atoms with van der Waals surface area (Å²) in [7, 11) is 0. The topological polar surface area (TPSA) is 93.0 Å². The first-order valence-corrected chi connectivity index (χ1v) is 8.58. The van der Waals surface area contributed by atoms with Crippen molar-refractivity contribution in [2.45, 2.75) is 44.7 Å². The van der Waals surface area contributed by atoms with Crippen molar-refractivity contribution >= 4 is 11.9 Å². The van der Waals surface area contributed by atoms with E-state index in [1.807, 2.05) is 37.3 Å². The molecule has 4 rings (SSSR count). The van der Waals surface area contributed by atoms with Crippen LogP contribution in [0.15, 0.2) is 30.3 Å². The Hall–Kier alpha value is -2.77. The highest BCUT2D eigenvalue weighted by atomic mass is 16.2. The highest BCUT2D eigenvalue weighted by Gasteiger charge is 2.55. The van der Waals surface area contributed by atoms with Crippen LogP contribution in [-0.2, 0) is 11.3 Å². The molecule has 25 heavy (non-hydrogen) atoms. The summed E-state index contributed by atoms with van der Waals surface area (Å²) in [4.78, 5) is 26.8. The van der Waals surface area contributed by atoms with Crippen LogP contribution in [0.2, 0.25) is 0 Å². The molecule has 1 saturated heterocycles. The molecule has 1 aliphatic heterocycles. The van der Waals surface area contributed by atoms with Crippen LogP contribution in [0.1, 0.15) is 38.4 Å². The van der Waals surface area contributed by atoms with Crippen molar-refractivity contribution in [2.75, 3.05) is 0 Å². The molecule has 1 aromatic carbocycles. The fourth-order valence-electron chi connectivity index (χ4n) is 3.85. The summed E-state index contributed by atoms with van der Waals surface area (Å²) in [6.07, 6.45) is 3.69. The van der Waals surface area contributed by atoms with Crippen LogP contribution in [-0.4, -0.2) is 42.6 Å². The Morgan fingerprint density at radius 2 is 2.04 bits per heavy atom. The first-order chi connectivity index (χ1) is 12.1. The number of imide groups is 1. The lowest BCUT2D eigenvalue weighted by atomic mass is 9.73. The van der Waals surface area contributed by atoms with Gasteiger partial charge in [-0.05, 0) is 41.3 Å². The average molecular weight is 340 g/mol. The number of hydrogen-bond donors (Lipinski definition) is 1. The summed E-state index contributed by atoms with van der Waals surface area (Å²) in [5.74, 6) is 0.426. The van der Waals surface area contributed by atoms with E-state index in [0.717, 1.165) is 24.9 Å². The van der Waals surface area contributed by atoms with E-state index in [1.54, 1.807) is 4.68 Å². The lowest BCUT2D eigenvalue weighted by Crippen LogP contribution is -2.53. The molecule has 0 unspecified atom stereocenters. The Balaban J connectivity index is 1.61. The van der Waals surface area contributed by atoms with Gasteiger partial charge in [0.05, 0.1) is 12.2 Å². The van der Waals surface area contributed by atoms with E-state index in [-0.39, 0.29) is 24.4 Å². The van der Waals surface area contributed by atoms with Crippen LogP contribution in [0.25, 0.3) is 5.69 Å². The van der Waals surface area contributed by atoms with Gasteiger partial charge in [-0.15, -0.1) is 5.10 Å². The quantitative estimate of drug-likeness (QED) is 0.858. The van der Waals surface area contributed by atoms with Gasteiger partial charge < -0.3 is 5.32 Å². The third-order valence-electron chi connectivity index (χ3n) is 5.34. The Bertz CT molecular complexity index is 804. The Labute approximate surface area is 145 Å². The highest BCUT2D eigenvalue weighted by Crippen LogP contribution is 2.38. The number of carbonyl (C=O) groups is 2. The summed E-state index contributed by atoms with van der Waals surface area (Å²) in [6, 6.07) is 9.05. The molecule has 2 heterocycles. The molecule has 2 fully saturated rings. The van der Waals surface area contributed by atoms with E-state index in [2.05, 4.69) is 20.8 Å². The number of hydrogen-bond acceptors (Lipinski definition) is 5. The molecule has 0 bridgehead atoms. The van der Waals surface area contributed by atoms with Gasteiger partial charge in [0.1, 0.15) is 5.54 Å². The van der Waals surface area contributed by atoms with E-state index >= 15 is 0 Å². The Morgan fingerprint density at radius 1 is 1.24 bits per heavy atom. The standard InChI is InChI=1S/C17H20N6O2/c1-12-7-5-6-10-17(12)15(24)22(16(25)18-17)11-14-19-20-21-23(14)13-8-3-2-4-9-13/h2-4,8-9,12H,5-7,10-11H2,1H3,(H,18,25)/t12-,17-/m1/s1. The van der Waals surface area contributed by atoms with Crippen molar-refractivity contribution < 1.29 is 9.59 Å². The number of para-hydroxylation sites is 1. The Morgan fingerprint density at radius 3 is 2.80 bits per heavy atom. The van der Waals surface area contributed by atoms with Gasteiger partial charge in [0.2, 0.25) is 0 Å². The molecule has 1 N–H and O–H groups in total. The van der Waals surface area contributed by atoms with E-state index in [1.165, 1.54) is 4.90 Å². The number of aromatic nitrogens is 4. The summed E-state index contributed by atoms with van der Waals surface area (Å²) >= 11 is 0. The Kier molecular flexibility index (Phi) is 3.74. The number of benzene rings is 1. The fraction of sp³-hybridized carbons (Fsp3) is 0.471. The van der Waals surface area contributed by atoms with Gasteiger partial charge in [-0.3, -0.25) is 9.69 Å². The summed E-state index contributed by atoms with van der Waals surface area (Å²) in [6.45, 7) is 2.09. The second kappa shape index (κ2) is 5.94. The molecule has 2 aromatic rings. The minimum Gasteiger partial charge on any atom is -0.323 e. The minimum atomic E-state index is -0.764. The van der Waals surface area contributed by atoms with E-state index < -0.39 is 5.54 Å². The monoisotopic (exact) mass is 340 g/mol. The second-order valence-corrected chi connectivity index (χ2v) is 6.78. The normalized spacial score (nSPS) is 26.3.